The number of methoxy groups -OCH3 is 3. The Balaban J connectivity index is 1.85. The second-order valence-electron chi connectivity index (χ2n) is 12.1. The number of aryl methyl sites for hydroxylation is 1. The van der Waals surface area contributed by atoms with Gasteiger partial charge in [-0.2, -0.15) is 0 Å². The van der Waals surface area contributed by atoms with Crippen LogP contribution in [0.15, 0.2) is 102 Å². The number of anilines is 1. The van der Waals surface area contributed by atoms with Crippen LogP contribution in [0.4, 0.5) is 5.69 Å². The zero-order chi connectivity index (χ0) is 35.6. The first-order chi connectivity index (χ1) is 23.5. The Morgan fingerprint density at radius 3 is 2.08 bits per heavy atom. The third kappa shape index (κ3) is 9.54. The van der Waals surface area contributed by atoms with Crippen LogP contribution < -0.4 is 23.8 Å². The van der Waals surface area contributed by atoms with Crippen molar-refractivity contribution >= 4 is 27.5 Å². The minimum absolute atomic E-state index is 0.00976. The number of nitrogens with zero attached hydrogens (tertiary/aromatic N) is 2. The summed E-state index contributed by atoms with van der Waals surface area (Å²) in [5.41, 5.74) is 2.63. The normalized spacial score (nSPS) is 11.8. The molecule has 1 N–H and O–H groups in total. The summed E-state index contributed by atoms with van der Waals surface area (Å²) in [6.07, 6.45) is 0.210. The largest absolute Gasteiger partial charge is 0.497 e. The molecule has 4 rings (SSSR count). The molecule has 0 aliphatic heterocycles. The highest BCUT2D eigenvalue weighted by molar-refractivity contribution is 7.92. The van der Waals surface area contributed by atoms with E-state index in [4.69, 9.17) is 14.2 Å². The van der Waals surface area contributed by atoms with Gasteiger partial charge in [-0.1, -0.05) is 74.0 Å². The average molecular weight is 688 g/mol. The van der Waals surface area contributed by atoms with Crippen molar-refractivity contribution < 1.29 is 32.2 Å². The lowest BCUT2D eigenvalue weighted by molar-refractivity contribution is -0.140. The summed E-state index contributed by atoms with van der Waals surface area (Å²) < 4.78 is 46.1. The van der Waals surface area contributed by atoms with E-state index in [1.807, 2.05) is 57.2 Å². The molecule has 4 aromatic carbocycles. The van der Waals surface area contributed by atoms with Gasteiger partial charge in [-0.25, -0.2) is 8.42 Å². The van der Waals surface area contributed by atoms with Crippen LogP contribution in [0.1, 0.15) is 30.5 Å². The highest BCUT2D eigenvalue weighted by Crippen LogP contribution is 2.34. The third-order valence-electron chi connectivity index (χ3n) is 7.99. The molecule has 0 aliphatic rings. The van der Waals surface area contributed by atoms with E-state index in [0.29, 0.717) is 29.4 Å². The van der Waals surface area contributed by atoms with Gasteiger partial charge in [0, 0.05) is 25.6 Å². The first-order valence-electron chi connectivity index (χ1n) is 16.0. The lowest BCUT2D eigenvalue weighted by Crippen LogP contribution is -2.53. The van der Waals surface area contributed by atoms with Gasteiger partial charge in [-0.15, -0.1) is 0 Å². The summed E-state index contributed by atoms with van der Waals surface area (Å²) in [7, 11) is 0.199. The minimum atomic E-state index is -4.28. The van der Waals surface area contributed by atoms with Gasteiger partial charge >= 0.3 is 0 Å². The molecule has 11 heteroatoms. The SMILES string of the molecule is COc1cccc(CN(C(=O)CN(c2ccc(OC)c(OC)c2)S(=O)(=O)c2ccc(C)cc2)[C@@H](Cc2ccccc2)C(=O)NCC(C)C)c1. The first kappa shape index (κ1) is 36.8. The maximum Gasteiger partial charge on any atom is 0.264 e. The van der Waals surface area contributed by atoms with Crippen molar-refractivity contribution in [1.29, 1.82) is 0 Å². The van der Waals surface area contributed by atoms with Crippen molar-refractivity contribution in [2.45, 2.75) is 44.7 Å². The molecule has 0 saturated heterocycles. The van der Waals surface area contributed by atoms with Crippen molar-refractivity contribution in [2.24, 2.45) is 5.92 Å². The summed E-state index contributed by atoms with van der Waals surface area (Å²) in [6, 6.07) is 26.8. The van der Waals surface area contributed by atoms with E-state index in [1.165, 1.54) is 37.3 Å². The maximum absolute atomic E-state index is 14.7. The lowest BCUT2D eigenvalue weighted by atomic mass is 10.0. The molecule has 10 nitrogen and oxygen atoms in total. The molecule has 0 bridgehead atoms. The summed E-state index contributed by atoms with van der Waals surface area (Å²) >= 11 is 0. The van der Waals surface area contributed by atoms with Crippen LogP contribution in [0.3, 0.4) is 0 Å². The molecule has 4 aromatic rings. The Morgan fingerprint density at radius 2 is 1.45 bits per heavy atom. The van der Waals surface area contributed by atoms with Crippen LogP contribution in [-0.2, 0) is 32.6 Å². The number of rotatable bonds is 16. The van der Waals surface area contributed by atoms with Crippen LogP contribution in [0.25, 0.3) is 0 Å². The third-order valence-corrected chi connectivity index (χ3v) is 9.77. The molecule has 0 aliphatic carbocycles. The second kappa shape index (κ2) is 16.9. The van der Waals surface area contributed by atoms with E-state index >= 15 is 0 Å². The lowest BCUT2D eigenvalue weighted by Gasteiger charge is -2.34. The van der Waals surface area contributed by atoms with Crippen molar-refractivity contribution in [1.82, 2.24) is 10.2 Å². The number of ether oxygens (including phenoxy) is 3. The van der Waals surface area contributed by atoms with Crippen LogP contribution >= 0.6 is 0 Å². The zero-order valence-electron chi connectivity index (χ0n) is 28.9. The highest BCUT2D eigenvalue weighted by atomic mass is 32.2. The number of carbonyl (C=O) groups is 2. The number of amides is 2. The van der Waals surface area contributed by atoms with Crippen LogP contribution in [0, 0.1) is 12.8 Å². The topological polar surface area (TPSA) is 114 Å². The Hall–Kier alpha value is -5.03. The Bertz CT molecular complexity index is 1810. The fraction of sp³-hybridized carbons (Fsp3) is 0.316. The van der Waals surface area contributed by atoms with Crippen molar-refractivity contribution in [3.63, 3.8) is 0 Å². The van der Waals surface area contributed by atoms with Gasteiger partial charge in [0.25, 0.3) is 10.0 Å². The van der Waals surface area contributed by atoms with Gasteiger partial charge in [0.2, 0.25) is 11.8 Å². The number of hydrogen-bond donors (Lipinski definition) is 1. The number of sulfonamides is 1. The summed E-state index contributed by atoms with van der Waals surface area (Å²) in [5, 5.41) is 3.00. The maximum atomic E-state index is 14.7. The molecule has 260 valence electrons. The fourth-order valence-electron chi connectivity index (χ4n) is 5.29. The standard InChI is InChI=1S/C38H45N3O7S/c1-27(2)24-39-38(43)34(22-29-11-8-7-9-12-29)40(25-30-13-10-14-32(21-30)46-4)37(42)26-41(31-17-20-35(47-5)36(23-31)48-6)49(44,45)33-18-15-28(3)16-19-33/h7-21,23,27,34H,22,24-26H2,1-6H3,(H,39,43)/t34-/m0/s1. The molecule has 0 unspecified atom stereocenters. The van der Waals surface area contributed by atoms with Gasteiger partial charge in [-0.3, -0.25) is 13.9 Å². The summed E-state index contributed by atoms with van der Waals surface area (Å²) in [4.78, 5) is 30.2. The van der Waals surface area contributed by atoms with Gasteiger partial charge in [0.1, 0.15) is 18.3 Å². The zero-order valence-corrected chi connectivity index (χ0v) is 29.7. The molecule has 2 amide bonds. The van der Waals surface area contributed by atoms with Crippen molar-refractivity contribution in [3.8, 4) is 17.2 Å². The molecule has 0 fully saturated rings. The van der Waals surface area contributed by atoms with Crippen molar-refractivity contribution in [3.05, 3.63) is 114 Å². The molecular weight excluding hydrogens is 642 g/mol. The van der Waals surface area contributed by atoms with E-state index in [1.54, 1.807) is 49.6 Å². The first-order valence-corrected chi connectivity index (χ1v) is 17.5. The highest BCUT2D eigenvalue weighted by Gasteiger charge is 2.35. The number of nitrogens with one attached hydrogen (secondary N) is 1. The Morgan fingerprint density at radius 1 is 0.776 bits per heavy atom. The summed E-state index contributed by atoms with van der Waals surface area (Å²) in [5.74, 6) is 0.531. The molecule has 49 heavy (non-hydrogen) atoms. The van der Waals surface area contributed by atoms with E-state index in [0.717, 1.165) is 15.4 Å². The molecule has 0 radical (unpaired) electrons. The molecule has 0 spiro atoms. The smallest absolute Gasteiger partial charge is 0.264 e. The van der Waals surface area contributed by atoms with Crippen LogP contribution in [0.5, 0.6) is 17.2 Å². The average Bonchev–Trinajstić information content (AvgIpc) is 3.11. The van der Waals surface area contributed by atoms with Crippen LogP contribution in [0.2, 0.25) is 0 Å². The summed E-state index contributed by atoms with van der Waals surface area (Å²) in [6.45, 7) is 5.67. The fourth-order valence-corrected chi connectivity index (χ4v) is 6.70. The van der Waals surface area contributed by atoms with E-state index in [9.17, 15) is 18.0 Å². The van der Waals surface area contributed by atoms with Gasteiger partial charge in [0.05, 0.1) is 31.9 Å². The number of benzene rings is 4. The number of hydrogen-bond acceptors (Lipinski definition) is 7. The van der Waals surface area contributed by atoms with E-state index in [-0.39, 0.29) is 35.4 Å². The minimum Gasteiger partial charge on any atom is -0.497 e. The van der Waals surface area contributed by atoms with Crippen LogP contribution in [-0.4, -0.2) is 65.6 Å². The number of carbonyl (C=O) groups excluding carboxylic acids is 2. The quantitative estimate of drug-likeness (QED) is 0.163. The molecular formula is C38H45N3O7S. The predicted molar refractivity (Wildman–Crippen MR) is 191 cm³/mol. The Kier molecular flexibility index (Phi) is 12.7. The van der Waals surface area contributed by atoms with Gasteiger partial charge < -0.3 is 24.4 Å². The van der Waals surface area contributed by atoms with Crippen molar-refractivity contribution in [2.75, 3.05) is 38.7 Å². The predicted octanol–water partition coefficient (Wildman–Crippen LogP) is 5.63. The molecule has 0 saturated carbocycles. The second-order valence-corrected chi connectivity index (χ2v) is 13.9. The molecule has 0 aromatic heterocycles. The van der Waals surface area contributed by atoms with E-state index < -0.39 is 28.5 Å². The molecule has 1 atom stereocenters. The van der Waals surface area contributed by atoms with E-state index in [2.05, 4.69) is 5.32 Å². The van der Waals surface area contributed by atoms with Gasteiger partial charge in [0.15, 0.2) is 11.5 Å². The molecule has 0 heterocycles. The van der Waals surface area contributed by atoms with Gasteiger partial charge in [-0.05, 0) is 60.4 Å². The monoisotopic (exact) mass is 687 g/mol. The Labute approximate surface area is 289 Å².